The summed E-state index contributed by atoms with van der Waals surface area (Å²) < 4.78 is 0. The molecule has 0 saturated carbocycles. The predicted molar refractivity (Wildman–Crippen MR) is 76.0 cm³/mol. The zero-order chi connectivity index (χ0) is 12.8. The molecule has 0 aromatic heterocycles. The number of nitrogens with zero attached hydrogens (tertiary/aromatic N) is 1. The molecular formula is C16H24N2. The molecule has 1 spiro atoms. The normalized spacial score (nSPS) is 25.7. The summed E-state index contributed by atoms with van der Waals surface area (Å²) >= 11 is 0. The minimum Gasteiger partial charge on any atom is -0.317 e. The molecule has 1 fully saturated rings. The van der Waals surface area contributed by atoms with Gasteiger partial charge in [0.05, 0.1) is 0 Å². The number of fused-ring (bicyclic) bond motifs is 2. The molecule has 1 heterocycles. The lowest BCUT2D eigenvalue weighted by molar-refractivity contribution is 0.223. The highest BCUT2D eigenvalue weighted by atomic mass is 15.1. The van der Waals surface area contributed by atoms with Crippen molar-refractivity contribution in [2.24, 2.45) is 0 Å². The van der Waals surface area contributed by atoms with E-state index in [2.05, 4.69) is 49.4 Å². The van der Waals surface area contributed by atoms with Crippen molar-refractivity contribution in [1.29, 1.82) is 0 Å². The Morgan fingerprint density at radius 3 is 2.61 bits per heavy atom. The molecule has 2 aliphatic rings. The van der Waals surface area contributed by atoms with Crippen molar-refractivity contribution in [3.63, 3.8) is 0 Å². The van der Waals surface area contributed by atoms with E-state index >= 15 is 0 Å². The van der Waals surface area contributed by atoms with Gasteiger partial charge in [0.2, 0.25) is 0 Å². The quantitative estimate of drug-likeness (QED) is 0.817. The molecular weight excluding hydrogens is 220 g/mol. The molecule has 1 aliphatic carbocycles. The van der Waals surface area contributed by atoms with Crippen LogP contribution in [0, 0.1) is 6.92 Å². The van der Waals surface area contributed by atoms with E-state index in [0.29, 0.717) is 11.5 Å². The van der Waals surface area contributed by atoms with Gasteiger partial charge in [0.15, 0.2) is 0 Å². The van der Waals surface area contributed by atoms with E-state index in [-0.39, 0.29) is 0 Å². The Balaban J connectivity index is 2.07. The number of aryl methyl sites for hydroxylation is 1. The van der Waals surface area contributed by atoms with Gasteiger partial charge in [-0.05, 0) is 69.9 Å². The van der Waals surface area contributed by atoms with Gasteiger partial charge < -0.3 is 10.2 Å². The Hall–Kier alpha value is -0.860. The fraction of sp³-hybridized carbons (Fsp3) is 0.625. The van der Waals surface area contributed by atoms with Gasteiger partial charge in [-0.25, -0.2) is 0 Å². The van der Waals surface area contributed by atoms with Crippen LogP contribution in [0.2, 0.25) is 0 Å². The second kappa shape index (κ2) is 4.36. The van der Waals surface area contributed by atoms with Crippen molar-refractivity contribution >= 4 is 0 Å². The topological polar surface area (TPSA) is 15.3 Å². The highest BCUT2D eigenvalue weighted by Gasteiger charge is 2.44. The van der Waals surface area contributed by atoms with Crippen molar-refractivity contribution in [2.45, 2.75) is 37.6 Å². The first-order valence-electron chi connectivity index (χ1n) is 7.11. The second-order valence-corrected chi connectivity index (χ2v) is 6.30. The minimum absolute atomic E-state index is 0.446. The number of rotatable bonds is 1. The summed E-state index contributed by atoms with van der Waals surface area (Å²) in [6, 6.07) is 7.70. The van der Waals surface area contributed by atoms with Crippen molar-refractivity contribution in [3.8, 4) is 0 Å². The first-order chi connectivity index (χ1) is 8.62. The first-order valence-corrected chi connectivity index (χ1v) is 7.11. The first kappa shape index (κ1) is 12.2. The highest BCUT2D eigenvalue weighted by molar-refractivity contribution is 5.45. The van der Waals surface area contributed by atoms with Gasteiger partial charge in [-0.1, -0.05) is 23.8 Å². The fourth-order valence-corrected chi connectivity index (χ4v) is 3.85. The molecule has 1 N–H and O–H groups in total. The molecule has 1 aliphatic heterocycles. The summed E-state index contributed by atoms with van der Waals surface area (Å²) in [5, 5.41) is 3.51. The lowest BCUT2D eigenvalue weighted by atomic mass is 9.74. The van der Waals surface area contributed by atoms with E-state index in [1.807, 2.05) is 0 Å². The summed E-state index contributed by atoms with van der Waals surface area (Å²) in [6.07, 6.45) is 3.90. The number of nitrogens with one attached hydrogen (secondary N) is 1. The van der Waals surface area contributed by atoms with Crippen LogP contribution < -0.4 is 5.32 Å². The van der Waals surface area contributed by atoms with E-state index < -0.39 is 0 Å². The third-order valence-electron chi connectivity index (χ3n) is 4.91. The molecule has 0 unspecified atom stereocenters. The maximum atomic E-state index is 3.51. The molecule has 2 nitrogen and oxygen atoms in total. The largest absolute Gasteiger partial charge is 0.317 e. The van der Waals surface area contributed by atoms with Crippen molar-refractivity contribution < 1.29 is 0 Å². The Morgan fingerprint density at radius 1 is 1.22 bits per heavy atom. The molecule has 1 atom stereocenters. The smallest absolute Gasteiger partial charge is 0.0353 e. The van der Waals surface area contributed by atoms with Gasteiger partial charge in [-0.2, -0.15) is 0 Å². The third-order valence-corrected chi connectivity index (χ3v) is 4.91. The van der Waals surface area contributed by atoms with Gasteiger partial charge in [0.1, 0.15) is 0 Å². The van der Waals surface area contributed by atoms with Crippen LogP contribution in [-0.2, 0) is 5.41 Å². The molecule has 0 amide bonds. The predicted octanol–water partition coefficient (Wildman–Crippen LogP) is 2.62. The van der Waals surface area contributed by atoms with Gasteiger partial charge in [-0.3, -0.25) is 0 Å². The molecule has 1 saturated heterocycles. The number of hydrogen-bond acceptors (Lipinski definition) is 2. The molecule has 2 heteroatoms. The third kappa shape index (κ3) is 1.79. The van der Waals surface area contributed by atoms with E-state index in [4.69, 9.17) is 0 Å². The van der Waals surface area contributed by atoms with Crippen LogP contribution in [0.5, 0.6) is 0 Å². The van der Waals surface area contributed by atoms with Crippen LogP contribution in [0.25, 0.3) is 0 Å². The lowest BCUT2D eigenvalue weighted by Crippen LogP contribution is -2.39. The average Bonchev–Trinajstić information content (AvgIpc) is 2.65. The molecule has 18 heavy (non-hydrogen) atoms. The molecule has 98 valence electrons. The van der Waals surface area contributed by atoms with Crippen LogP contribution >= 0.6 is 0 Å². The van der Waals surface area contributed by atoms with Crippen LogP contribution in [0.4, 0.5) is 0 Å². The molecule has 0 bridgehead atoms. The fourth-order valence-electron chi connectivity index (χ4n) is 3.85. The van der Waals surface area contributed by atoms with Crippen LogP contribution in [0.1, 0.15) is 42.0 Å². The molecule has 1 aromatic rings. The zero-order valence-corrected chi connectivity index (χ0v) is 11.8. The van der Waals surface area contributed by atoms with Crippen molar-refractivity contribution in [2.75, 3.05) is 27.2 Å². The van der Waals surface area contributed by atoms with Crippen LogP contribution in [-0.4, -0.2) is 32.1 Å². The van der Waals surface area contributed by atoms with Crippen LogP contribution in [0.15, 0.2) is 18.2 Å². The molecule has 0 radical (unpaired) electrons. The van der Waals surface area contributed by atoms with Gasteiger partial charge in [-0.15, -0.1) is 0 Å². The van der Waals surface area contributed by atoms with E-state index in [9.17, 15) is 0 Å². The summed E-state index contributed by atoms with van der Waals surface area (Å²) in [5.41, 5.74) is 5.07. The van der Waals surface area contributed by atoms with Crippen LogP contribution in [0.3, 0.4) is 0 Å². The SMILES string of the molecule is Cc1ccc2c(c1)C1(CCNCC1)C[C@H]2N(C)C. The maximum Gasteiger partial charge on any atom is 0.0353 e. The maximum absolute atomic E-state index is 3.51. The van der Waals surface area contributed by atoms with E-state index in [0.717, 1.165) is 0 Å². The zero-order valence-electron chi connectivity index (χ0n) is 11.8. The Labute approximate surface area is 110 Å². The summed E-state index contributed by atoms with van der Waals surface area (Å²) in [7, 11) is 4.43. The average molecular weight is 244 g/mol. The summed E-state index contributed by atoms with van der Waals surface area (Å²) in [6.45, 7) is 4.57. The summed E-state index contributed by atoms with van der Waals surface area (Å²) in [5.74, 6) is 0. The van der Waals surface area contributed by atoms with Crippen molar-refractivity contribution in [3.05, 3.63) is 34.9 Å². The molecule has 3 rings (SSSR count). The number of benzene rings is 1. The molecule has 1 aromatic carbocycles. The Morgan fingerprint density at radius 2 is 1.94 bits per heavy atom. The van der Waals surface area contributed by atoms with Crippen molar-refractivity contribution in [1.82, 2.24) is 10.2 Å². The van der Waals surface area contributed by atoms with E-state index in [1.165, 1.54) is 37.9 Å². The standard InChI is InChI=1S/C16H24N2/c1-12-4-5-13-14(10-12)16(6-8-17-9-7-16)11-15(13)18(2)3/h4-5,10,15,17H,6-9,11H2,1-3H3/t15-/m1/s1. The second-order valence-electron chi connectivity index (χ2n) is 6.30. The highest BCUT2D eigenvalue weighted by Crippen LogP contribution is 2.51. The number of hydrogen-bond donors (Lipinski definition) is 1. The number of piperidine rings is 1. The Bertz CT molecular complexity index is 444. The summed E-state index contributed by atoms with van der Waals surface area (Å²) in [4.78, 5) is 2.39. The van der Waals surface area contributed by atoms with Gasteiger partial charge >= 0.3 is 0 Å². The van der Waals surface area contributed by atoms with Gasteiger partial charge in [0.25, 0.3) is 0 Å². The van der Waals surface area contributed by atoms with Gasteiger partial charge in [0, 0.05) is 6.04 Å². The monoisotopic (exact) mass is 244 g/mol. The van der Waals surface area contributed by atoms with E-state index in [1.54, 1.807) is 11.1 Å². The Kier molecular flexibility index (Phi) is 2.95. The minimum atomic E-state index is 0.446. The lowest BCUT2D eigenvalue weighted by Gasteiger charge is -2.36.